The largest absolute Gasteiger partial charge is 2.00 e. The molecule has 93 valence electrons. The molecule has 7 heteroatoms. The zero-order valence-corrected chi connectivity index (χ0v) is 9.86. The third kappa shape index (κ3) is 3330. The van der Waals surface area contributed by atoms with Crippen molar-refractivity contribution in [3.8, 4) is 0 Å². The average molecular weight is 267 g/mol. The van der Waals surface area contributed by atoms with Crippen LogP contribution in [-0.4, -0.2) is 40.2 Å². The molecule has 0 aromatic heterocycles. The van der Waals surface area contributed by atoms with E-state index < -0.39 is 0 Å². The second-order valence-electron chi connectivity index (χ2n) is 0.516. The van der Waals surface area contributed by atoms with Gasteiger partial charge in [-0.15, -0.1) is 0 Å². The minimum absolute atomic E-state index is 0. The maximum atomic E-state index is 9.06. The third-order valence-electron chi connectivity index (χ3n) is 0.203. The van der Waals surface area contributed by atoms with Crippen LogP contribution in [0.25, 0.3) is 0 Å². The van der Waals surface area contributed by atoms with Crippen LogP contribution >= 0.6 is 0 Å². The second kappa shape index (κ2) is 627. The minimum atomic E-state index is 0. The van der Waals surface area contributed by atoms with Crippen LogP contribution in [0.5, 0.6) is 0 Å². The van der Waals surface area contributed by atoms with E-state index in [0.717, 1.165) is 0 Å². The molecule has 0 aliphatic heterocycles. The van der Waals surface area contributed by atoms with Gasteiger partial charge >= 0.3 is 16.8 Å². The maximum Gasteiger partial charge on any atom is 2.00 e. The Balaban J connectivity index is -0.0000000113. The van der Waals surface area contributed by atoms with Crippen molar-refractivity contribution in [3.05, 3.63) is 7.43 Å². The van der Waals surface area contributed by atoms with Gasteiger partial charge in [-0.2, -0.15) is 0 Å². The quantitative estimate of drug-likeness (QED) is 0.643. The first kappa shape index (κ1) is 49.4. The summed E-state index contributed by atoms with van der Waals surface area (Å²) >= 11 is 0. The van der Waals surface area contributed by atoms with E-state index in [2.05, 4.69) is 4.74 Å². The van der Waals surface area contributed by atoms with Gasteiger partial charge in [0.05, 0.1) is 0 Å². The predicted octanol–water partition coefficient (Wildman–Crippen LogP) is -0.202. The number of hydrogen-bond donors (Lipinski definition) is 0. The summed E-state index contributed by atoms with van der Waals surface area (Å²) in [4.78, 5) is 41.1. The second-order valence-corrected chi connectivity index (χ2v) is 0.516. The normalized spacial score (nSPS) is 3.27. The Labute approximate surface area is 101 Å². The summed E-state index contributed by atoms with van der Waals surface area (Å²) in [6.45, 7) is 11.4. The van der Waals surface area contributed by atoms with Crippen molar-refractivity contribution in [1.82, 2.24) is 0 Å². The van der Waals surface area contributed by atoms with Gasteiger partial charge in [0.1, 0.15) is 27.2 Å². The van der Waals surface area contributed by atoms with Crippen molar-refractivity contribution in [2.75, 3.05) is 6.61 Å². The topological polar surface area (TPSA) is 94.6 Å². The monoisotopic (exact) mass is 267 g/mol. The molecule has 0 saturated heterocycles. The molecule has 0 saturated carbocycles. The van der Waals surface area contributed by atoms with Crippen LogP contribution in [0, 0.1) is 7.43 Å². The van der Waals surface area contributed by atoms with Gasteiger partial charge in [-0.3, -0.25) is 0 Å². The van der Waals surface area contributed by atoms with E-state index in [4.69, 9.17) is 24.0 Å². The molecule has 0 fully saturated rings. The Morgan fingerprint density at radius 1 is 0.933 bits per heavy atom. The molecule has 0 N–H and O–H groups in total. The van der Waals surface area contributed by atoms with E-state index in [-0.39, 0.29) is 24.2 Å². The summed E-state index contributed by atoms with van der Waals surface area (Å²) in [6.07, 6.45) is 0. The summed E-state index contributed by atoms with van der Waals surface area (Å²) in [7, 11) is 0. The molecule has 0 bridgehead atoms. The first-order chi connectivity index (χ1) is 6.41. The summed E-state index contributed by atoms with van der Waals surface area (Å²) in [6, 6.07) is 0. The number of carbonyl (C=O) groups excluding carboxylic acids is 5. The summed E-state index contributed by atoms with van der Waals surface area (Å²) in [5, 5.41) is 0. The molecule has 0 atom stereocenters. The first-order valence-corrected chi connectivity index (χ1v) is 2.56. The van der Waals surface area contributed by atoms with Crippen LogP contribution in [0.2, 0.25) is 0 Å². The summed E-state index contributed by atoms with van der Waals surface area (Å²) < 4.78 is 4.03. The van der Waals surface area contributed by atoms with Crippen LogP contribution in [0.3, 0.4) is 0 Å². The van der Waals surface area contributed by atoms with Gasteiger partial charge in [0, 0.05) is 6.61 Å². The fraction of sp³-hybridized carbons (Fsp3) is 0.250. The van der Waals surface area contributed by atoms with E-state index in [0.29, 0.717) is 6.61 Å². The molecule has 0 heterocycles. The van der Waals surface area contributed by atoms with E-state index in [1.807, 2.05) is 27.2 Å². The van der Waals surface area contributed by atoms with Gasteiger partial charge in [-0.05, 0) is 6.92 Å². The predicted molar refractivity (Wildman–Crippen MR) is 52.2 cm³/mol. The van der Waals surface area contributed by atoms with Gasteiger partial charge in [0.2, 0.25) is 0 Å². The van der Waals surface area contributed by atoms with Crippen molar-refractivity contribution in [3.63, 3.8) is 0 Å². The molecule has 0 aliphatic rings. The molecule has 0 aromatic rings. The summed E-state index contributed by atoms with van der Waals surface area (Å²) in [5.41, 5.74) is 0. The Morgan fingerprint density at radius 3 is 1.13 bits per heavy atom. The Bertz CT molecular complexity index is 66.2. The number of hydrogen-bond acceptors (Lipinski definition) is 6. The molecular weight excluding hydrogens is 251 g/mol. The minimum Gasteiger partial charge on any atom is -0.653 e. The number of rotatable bonds is 2. The van der Waals surface area contributed by atoms with E-state index >= 15 is 0 Å². The zero-order valence-electron chi connectivity index (χ0n) is 8.82. The van der Waals surface area contributed by atoms with Gasteiger partial charge in [-0.25, -0.2) is 0 Å². The maximum absolute atomic E-state index is 9.06. The Hall–Kier alpha value is -1.34. The first-order valence-electron chi connectivity index (χ1n) is 2.56. The van der Waals surface area contributed by atoms with Gasteiger partial charge in [0.25, 0.3) is 0 Å². The van der Waals surface area contributed by atoms with Crippen LogP contribution in [-0.2, 0) is 45.5 Å². The molecule has 15 heavy (non-hydrogen) atoms. The van der Waals surface area contributed by atoms with Gasteiger partial charge in [0.15, 0.2) is 0 Å². The van der Waals surface area contributed by atoms with E-state index in [1.54, 1.807) is 6.92 Å². The fourth-order valence-electron chi connectivity index (χ4n) is 0.0589. The standard InChI is InChI=1S/C3H5O2.4CH2O.CH3.Co/c1-2-5-3-4;4*1-2;;/h2H2,1H3;4*1H2;1H3;/q-1;;;;;-1;+2. The third-order valence-corrected chi connectivity index (χ3v) is 0.203. The SMILES string of the molecule is C=O.C=O.C=O.C=O.CCO[C-]=O.[CH3-].[Co+2]. The van der Waals surface area contributed by atoms with E-state index in [9.17, 15) is 0 Å². The molecular formula is C8H16CoO6. The van der Waals surface area contributed by atoms with Crippen molar-refractivity contribution >= 4 is 33.6 Å². The van der Waals surface area contributed by atoms with Crippen molar-refractivity contribution in [2.24, 2.45) is 0 Å². The molecule has 0 amide bonds. The van der Waals surface area contributed by atoms with Crippen LogP contribution in [0.1, 0.15) is 6.92 Å². The zero-order chi connectivity index (χ0) is 12.1. The molecule has 6 nitrogen and oxygen atoms in total. The van der Waals surface area contributed by atoms with E-state index in [1.165, 1.54) is 6.47 Å². The molecule has 1 radical (unpaired) electrons. The average Bonchev–Trinajstić information content (AvgIpc) is 2.30. The molecule has 0 spiro atoms. The van der Waals surface area contributed by atoms with Gasteiger partial charge in [-0.1, -0.05) is 6.47 Å². The summed E-state index contributed by atoms with van der Waals surface area (Å²) in [5.74, 6) is 0. The van der Waals surface area contributed by atoms with Crippen LogP contribution in [0.15, 0.2) is 0 Å². The van der Waals surface area contributed by atoms with Crippen LogP contribution < -0.4 is 0 Å². The smallest absolute Gasteiger partial charge is 0.653 e. The molecule has 0 unspecified atom stereocenters. The van der Waals surface area contributed by atoms with Crippen molar-refractivity contribution in [1.29, 1.82) is 0 Å². The Morgan fingerprint density at radius 2 is 1.13 bits per heavy atom. The van der Waals surface area contributed by atoms with Gasteiger partial charge < -0.3 is 36.1 Å². The number of ether oxygens (including phenoxy) is 1. The van der Waals surface area contributed by atoms with Crippen molar-refractivity contribution in [2.45, 2.75) is 6.92 Å². The fourth-order valence-corrected chi connectivity index (χ4v) is 0.0589. The molecule has 0 rings (SSSR count). The molecule has 0 aliphatic carbocycles. The van der Waals surface area contributed by atoms with Crippen LogP contribution in [0.4, 0.5) is 0 Å². The Kier molecular flexibility index (Phi) is 2060. The molecule has 0 aromatic carbocycles. The van der Waals surface area contributed by atoms with Crippen molar-refractivity contribution < 1.29 is 45.5 Å². The number of carbonyl (C=O) groups is 4.